The van der Waals surface area contributed by atoms with Crippen molar-refractivity contribution in [3.8, 4) is 5.69 Å². The fourth-order valence-electron chi connectivity index (χ4n) is 2.90. The molecule has 1 aliphatic rings. The summed E-state index contributed by atoms with van der Waals surface area (Å²) in [6.45, 7) is 1.86. The lowest BCUT2D eigenvalue weighted by Crippen LogP contribution is -2.44. The Bertz CT molecular complexity index is 741. The lowest BCUT2D eigenvalue weighted by Gasteiger charge is -2.12. The highest BCUT2D eigenvalue weighted by atomic mass is 32.2. The molecule has 7 nitrogen and oxygen atoms in total. The smallest absolute Gasteiger partial charge is 0.321 e. The summed E-state index contributed by atoms with van der Waals surface area (Å²) >= 11 is 1.25. The van der Waals surface area contributed by atoms with Crippen molar-refractivity contribution in [2.45, 2.75) is 43.8 Å². The number of benzene rings is 1. The SMILES string of the molecule is Cc1nnc(SCC(=O)NC(=O)NC2CCCC2)n1-c1ccccc1. The molecular formula is C17H21N5O2S. The molecule has 2 aromatic rings. The van der Waals surface area contributed by atoms with Gasteiger partial charge in [-0.15, -0.1) is 10.2 Å². The van der Waals surface area contributed by atoms with Gasteiger partial charge in [-0.3, -0.25) is 14.7 Å². The van der Waals surface area contributed by atoms with E-state index >= 15 is 0 Å². The molecule has 0 atom stereocenters. The lowest BCUT2D eigenvalue weighted by atomic mass is 10.2. The molecule has 0 radical (unpaired) electrons. The van der Waals surface area contributed by atoms with Gasteiger partial charge in [0.25, 0.3) is 0 Å². The number of rotatable bonds is 5. The van der Waals surface area contributed by atoms with Crippen LogP contribution in [0.3, 0.4) is 0 Å². The molecule has 0 bridgehead atoms. The number of carbonyl (C=O) groups excluding carboxylic acids is 2. The largest absolute Gasteiger partial charge is 0.335 e. The zero-order valence-electron chi connectivity index (χ0n) is 14.1. The van der Waals surface area contributed by atoms with E-state index in [1.807, 2.05) is 41.8 Å². The van der Waals surface area contributed by atoms with Crippen molar-refractivity contribution in [3.05, 3.63) is 36.2 Å². The highest BCUT2D eigenvalue weighted by Gasteiger charge is 2.19. The van der Waals surface area contributed by atoms with Crippen LogP contribution >= 0.6 is 11.8 Å². The number of nitrogens with zero attached hydrogens (tertiary/aromatic N) is 3. The molecule has 1 aromatic heterocycles. The lowest BCUT2D eigenvalue weighted by molar-refractivity contribution is -0.117. The second-order valence-electron chi connectivity index (χ2n) is 5.99. The minimum atomic E-state index is -0.418. The number of hydrogen-bond donors (Lipinski definition) is 2. The minimum absolute atomic E-state index is 0.100. The first-order valence-corrected chi connectivity index (χ1v) is 9.32. The van der Waals surface area contributed by atoms with Gasteiger partial charge >= 0.3 is 6.03 Å². The van der Waals surface area contributed by atoms with Gasteiger partial charge < -0.3 is 5.32 Å². The van der Waals surface area contributed by atoms with Gasteiger partial charge in [0.05, 0.1) is 5.75 Å². The van der Waals surface area contributed by atoms with E-state index in [-0.39, 0.29) is 17.7 Å². The topological polar surface area (TPSA) is 88.9 Å². The molecule has 1 fully saturated rings. The Kier molecular flexibility index (Phi) is 5.70. The third-order valence-corrected chi connectivity index (χ3v) is 5.01. The Labute approximate surface area is 150 Å². The number of thioether (sulfide) groups is 1. The molecule has 0 saturated heterocycles. The predicted octanol–water partition coefficient (Wildman–Crippen LogP) is 2.44. The first-order valence-electron chi connectivity index (χ1n) is 8.34. The molecule has 132 valence electrons. The number of urea groups is 1. The highest BCUT2D eigenvalue weighted by Crippen LogP contribution is 2.21. The van der Waals surface area contributed by atoms with Crippen LogP contribution in [0, 0.1) is 6.92 Å². The van der Waals surface area contributed by atoms with Crippen LogP contribution in [0.15, 0.2) is 35.5 Å². The summed E-state index contributed by atoms with van der Waals surface area (Å²) in [6, 6.07) is 9.48. The Morgan fingerprint density at radius 2 is 1.92 bits per heavy atom. The number of nitrogens with one attached hydrogen (secondary N) is 2. The fraction of sp³-hybridized carbons (Fsp3) is 0.412. The van der Waals surface area contributed by atoms with Crippen molar-refractivity contribution in [3.63, 3.8) is 0 Å². The minimum Gasteiger partial charge on any atom is -0.335 e. The van der Waals surface area contributed by atoms with E-state index in [4.69, 9.17) is 0 Å². The van der Waals surface area contributed by atoms with Gasteiger partial charge in [-0.05, 0) is 31.9 Å². The Morgan fingerprint density at radius 3 is 2.64 bits per heavy atom. The maximum atomic E-state index is 12.0. The average molecular weight is 359 g/mol. The van der Waals surface area contributed by atoms with Crippen LogP contribution in [0.4, 0.5) is 4.79 Å². The van der Waals surface area contributed by atoms with Gasteiger partial charge in [0.15, 0.2) is 5.16 Å². The fourth-order valence-corrected chi connectivity index (χ4v) is 3.69. The molecule has 1 aromatic carbocycles. The van der Waals surface area contributed by atoms with Crippen molar-refractivity contribution in [2.24, 2.45) is 0 Å². The van der Waals surface area contributed by atoms with E-state index in [2.05, 4.69) is 20.8 Å². The molecule has 3 amide bonds. The van der Waals surface area contributed by atoms with Crippen LogP contribution in [0.2, 0.25) is 0 Å². The van der Waals surface area contributed by atoms with E-state index in [9.17, 15) is 9.59 Å². The van der Waals surface area contributed by atoms with Crippen LogP contribution < -0.4 is 10.6 Å². The summed E-state index contributed by atoms with van der Waals surface area (Å²) in [5.41, 5.74) is 0.937. The molecule has 25 heavy (non-hydrogen) atoms. The number of aryl methyl sites for hydroxylation is 1. The molecule has 1 saturated carbocycles. The molecular weight excluding hydrogens is 338 g/mol. The Balaban J connectivity index is 1.55. The number of aromatic nitrogens is 3. The number of amides is 3. The Morgan fingerprint density at radius 1 is 1.20 bits per heavy atom. The number of para-hydroxylation sites is 1. The summed E-state index contributed by atoms with van der Waals surface area (Å²) in [5, 5.41) is 14.0. The molecule has 0 aliphatic heterocycles. The van der Waals surface area contributed by atoms with E-state index in [0.29, 0.717) is 5.16 Å². The first kappa shape index (κ1) is 17.5. The zero-order chi connectivity index (χ0) is 17.6. The molecule has 0 spiro atoms. The monoisotopic (exact) mass is 359 g/mol. The van der Waals surface area contributed by atoms with E-state index in [0.717, 1.165) is 37.2 Å². The van der Waals surface area contributed by atoms with Crippen molar-refractivity contribution < 1.29 is 9.59 Å². The molecule has 0 unspecified atom stereocenters. The summed E-state index contributed by atoms with van der Waals surface area (Å²) in [7, 11) is 0. The number of hydrogen-bond acceptors (Lipinski definition) is 5. The molecule has 1 aliphatic carbocycles. The molecule has 2 N–H and O–H groups in total. The standard InChI is InChI=1S/C17H21N5O2S/c1-12-20-21-17(22(12)14-9-3-2-4-10-14)25-11-15(23)19-16(24)18-13-7-5-6-8-13/h2-4,9-10,13H,5-8,11H2,1H3,(H2,18,19,23,24). The maximum absolute atomic E-state index is 12.0. The normalized spacial score (nSPS) is 14.4. The van der Waals surface area contributed by atoms with Crippen molar-refractivity contribution in [2.75, 3.05) is 5.75 Å². The Hall–Kier alpha value is -2.35. The van der Waals surface area contributed by atoms with Gasteiger partial charge in [0.1, 0.15) is 5.82 Å². The predicted molar refractivity (Wildman–Crippen MR) is 95.8 cm³/mol. The third kappa shape index (κ3) is 4.60. The molecule has 3 rings (SSSR count). The van der Waals surface area contributed by atoms with Crippen molar-refractivity contribution >= 4 is 23.7 Å². The van der Waals surface area contributed by atoms with E-state index in [1.54, 1.807) is 0 Å². The highest BCUT2D eigenvalue weighted by molar-refractivity contribution is 7.99. The van der Waals surface area contributed by atoms with Crippen LogP contribution in [0.25, 0.3) is 5.69 Å². The summed E-state index contributed by atoms with van der Waals surface area (Å²) < 4.78 is 1.89. The van der Waals surface area contributed by atoms with Crippen LogP contribution in [0.5, 0.6) is 0 Å². The first-order chi connectivity index (χ1) is 12.1. The molecule has 1 heterocycles. The second-order valence-corrected chi connectivity index (χ2v) is 6.93. The van der Waals surface area contributed by atoms with Crippen LogP contribution in [-0.2, 0) is 4.79 Å². The van der Waals surface area contributed by atoms with Gasteiger partial charge in [0, 0.05) is 11.7 Å². The summed E-state index contributed by atoms with van der Waals surface area (Å²) in [4.78, 5) is 23.8. The average Bonchev–Trinajstić information content (AvgIpc) is 3.23. The number of carbonyl (C=O) groups is 2. The van der Waals surface area contributed by atoms with Crippen LogP contribution in [-0.4, -0.2) is 38.5 Å². The van der Waals surface area contributed by atoms with E-state index in [1.165, 1.54) is 11.8 Å². The second kappa shape index (κ2) is 8.15. The molecule has 8 heteroatoms. The van der Waals surface area contributed by atoms with Gasteiger partial charge in [-0.25, -0.2) is 4.79 Å². The van der Waals surface area contributed by atoms with Crippen LogP contribution in [0.1, 0.15) is 31.5 Å². The quantitative estimate of drug-likeness (QED) is 0.801. The van der Waals surface area contributed by atoms with Gasteiger partial charge in [0.2, 0.25) is 5.91 Å². The summed E-state index contributed by atoms with van der Waals surface area (Å²) in [5.74, 6) is 0.497. The third-order valence-electron chi connectivity index (χ3n) is 4.09. The van der Waals surface area contributed by atoms with Gasteiger partial charge in [-0.1, -0.05) is 42.8 Å². The number of imide groups is 1. The van der Waals surface area contributed by atoms with E-state index < -0.39 is 6.03 Å². The zero-order valence-corrected chi connectivity index (χ0v) is 14.9. The van der Waals surface area contributed by atoms with Crippen molar-refractivity contribution in [1.29, 1.82) is 0 Å². The summed E-state index contributed by atoms with van der Waals surface area (Å²) in [6.07, 6.45) is 4.22. The maximum Gasteiger partial charge on any atom is 0.321 e. The van der Waals surface area contributed by atoms with Crippen molar-refractivity contribution in [1.82, 2.24) is 25.4 Å². The van der Waals surface area contributed by atoms with Gasteiger partial charge in [-0.2, -0.15) is 0 Å².